The highest BCUT2D eigenvalue weighted by Gasteiger charge is 2.45. The molecule has 1 atom stereocenters. The van der Waals surface area contributed by atoms with Crippen LogP contribution in [-0.2, 0) is 25.2 Å². The summed E-state index contributed by atoms with van der Waals surface area (Å²) in [6, 6.07) is 11.6. The number of rotatable bonds is 15. The highest BCUT2D eigenvalue weighted by molar-refractivity contribution is 7.89. The van der Waals surface area contributed by atoms with Crippen LogP contribution in [0.4, 0.5) is 30.8 Å². The van der Waals surface area contributed by atoms with Crippen molar-refractivity contribution in [1.82, 2.24) is 30.3 Å². The van der Waals surface area contributed by atoms with Gasteiger partial charge in [0.15, 0.2) is 6.61 Å². The lowest BCUT2D eigenvalue weighted by Gasteiger charge is -2.19. The van der Waals surface area contributed by atoms with E-state index in [1.165, 1.54) is 31.2 Å². The Morgan fingerprint density at radius 2 is 1.65 bits per heavy atom. The maximum absolute atomic E-state index is 12.9. The number of amides is 3. The minimum absolute atomic E-state index is 0.00608. The normalized spacial score (nSPS) is 14.3. The predicted octanol–water partition coefficient (Wildman–Crippen LogP) is 3.40. The van der Waals surface area contributed by atoms with E-state index in [4.69, 9.17) is 16.3 Å². The number of hydrogen-bond acceptors (Lipinski definition) is 11. The van der Waals surface area contributed by atoms with Crippen molar-refractivity contribution in [2.24, 2.45) is 0 Å². The summed E-state index contributed by atoms with van der Waals surface area (Å²) in [4.78, 5) is 48.7. The summed E-state index contributed by atoms with van der Waals surface area (Å²) in [5.74, 6) is -1.92. The number of alkyl halides is 3. The van der Waals surface area contributed by atoms with Gasteiger partial charge in [0.25, 0.3) is 11.8 Å². The van der Waals surface area contributed by atoms with Crippen molar-refractivity contribution < 1.29 is 40.7 Å². The summed E-state index contributed by atoms with van der Waals surface area (Å²) in [6.45, 7) is -0.133. The van der Waals surface area contributed by atoms with E-state index in [0.29, 0.717) is 10.7 Å². The van der Waals surface area contributed by atoms with Crippen molar-refractivity contribution in [3.05, 3.63) is 64.7 Å². The first-order valence-electron chi connectivity index (χ1n) is 14.5. The molecule has 14 nitrogen and oxygen atoms in total. The van der Waals surface area contributed by atoms with Crippen LogP contribution in [0.25, 0.3) is 0 Å². The smallest absolute Gasteiger partial charge is 0.422 e. The molecule has 0 saturated heterocycles. The summed E-state index contributed by atoms with van der Waals surface area (Å²) >= 11 is 6.00. The minimum atomic E-state index is -4.62. The number of ether oxygens (including phenoxy) is 1. The standard InChI is InChI=1S/C29H32ClF3N8O6S/c1-17(23(43)41-48(2,45)46)35-22(42)4-3-15-34-24(44)18-5-11-21(12-6-18)36-25-37-26(39-27(38-25)47-16-29(31,32)33)40-28(13-14-28)19-7-9-20(30)10-8-19/h5-12,17H,3-4,13-16H2,1-2H3,(H,34,44)(H,35,42)(H,41,43)(H2,36,37,38,39,40)/t17-/m1/s1. The van der Waals surface area contributed by atoms with E-state index in [-0.39, 0.29) is 36.8 Å². The van der Waals surface area contributed by atoms with Gasteiger partial charge in [0, 0.05) is 29.2 Å². The first-order chi connectivity index (χ1) is 22.5. The first kappa shape index (κ1) is 36.1. The molecule has 0 spiro atoms. The van der Waals surface area contributed by atoms with Crippen molar-refractivity contribution in [2.45, 2.75) is 50.4 Å². The molecular formula is C29H32ClF3N8O6S. The van der Waals surface area contributed by atoms with Gasteiger partial charge in [-0.3, -0.25) is 19.1 Å². The highest BCUT2D eigenvalue weighted by atomic mass is 35.5. The zero-order chi connectivity index (χ0) is 35.1. The summed E-state index contributed by atoms with van der Waals surface area (Å²) in [5, 5.41) is 11.7. The molecule has 5 N–H and O–H groups in total. The van der Waals surface area contributed by atoms with Crippen LogP contribution in [-0.4, -0.2) is 72.7 Å². The van der Waals surface area contributed by atoms with Gasteiger partial charge in [-0.2, -0.15) is 28.1 Å². The Kier molecular flexibility index (Phi) is 11.3. The Morgan fingerprint density at radius 3 is 2.25 bits per heavy atom. The molecule has 3 aromatic rings. The van der Waals surface area contributed by atoms with E-state index in [1.54, 1.807) is 16.9 Å². The number of anilines is 3. The predicted molar refractivity (Wildman–Crippen MR) is 169 cm³/mol. The molecule has 0 radical (unpaired) electrons. The summed E-state index contributed by atoms with van der Waals surface area (Å²) in [6.07, 6.45) is -2.13. The summed E-state index contributed by atoms with van der Waals surface area (Å²) < 4.78 is 67.5. The monoisotopic (exact) mass is 712 g/mol. The number of aromatic nitrogens is 3. The third-order valence-electron chi connectivity index (χ3n) is 6.80. The molecule has 1 heterocycles. The van der Waals surface area contributed by atoms with Crippen molar-refractivity contribution in [3.8, 4) is 6.01 Å². The number of hydrogen-bond donors (Lipinski definition) is 5. The first-order valence-corrected chi connectivity index (χ1v) is 16.7. The Balaban J connectivity index is 1.33. The van der Waals surface area contributed by atoms with Crippen LogP contribution in [0.1, 0.15) is 48.5 Å². The fourth-order valence-corrected chi connectivity index (χ4v) is 4.98. The van der Waals surface area contributed by atoms with Crippen LogP contribution >= 0.6 is 11.6 Å². The molecule has 0 aliphatic heterocycles. The van der Waals surface area contributed by atoms with Gasteiger partial charge in [0.2, 0.25) is 27.8 Å². The van der Waals surface area contributed by atoms with E-state index in [9.17, 15) is 36.0 Å². The Morgan fingerprint density at radius 1 is 1.00 bits per heavy atom. The molecule has 0 bridgehead atoms. The van der Waals surface area contributed by atoms with E-state index in [1.807, 2.05) is 12.1 Å². The lowest BCUT2D eigenvalue weighted by atomic mass is 10.1. The fraction of sp³-hybridized carbons (Fsp3) is 0.379. The van der Waals surface area contributed by atoms with Crippen molar-refractivity contribution in [2.75, 3.05) is 30.0 Å². The van der Waals surface area contributed by atoms with Gasteiger partial charge >= 0.3 is 12.2 Å². The second-order valence-corrected chi connectivity index (χ2v) is 13.2. The summed E-state index contributed by atoms with van der Waals surface area (Å²) in [5.41, 5.74) is 1.07. The molecule has 48 heavy (non-hydrogen) atoms. The number of carbonyl (C=O) groups excluding carboxylic acids is 3. The molecule has 1 aromatic heterocycles. The Hall–Kier alpha value is -4.71. The molecule has 2 aromatic carbocycles. The zero-order valence-corrected chi connectivity index (χ0v) is 27.2. The average Bonchev–Trinajstić information content (AvgIpc) is 3.78. The quantitative estimate of drug-likeness (QED) is 0.145. The molecule has 1 saturated carbocycles. The molecule has 19 heteroatoms. The van der Waals surface area contributed by atoms with Crippen molar-refractivity contribution in [3.63, 3.8) is 0 Å². The molecule has 1 fully saturated rings. The van der Waals surface area contributed by atoms with Crippen LogP contribution in [0, 0.1) is 0 Å². The number of nitrogens with zero attached hydrogens (tertiary/aromatic N) is 3. The topological polar surface area (TPSA) is 193 Å². The highest BCUT2D eigenvalue weighted by Crippen LogP contribution is 2.48. The van der Waals surface area contributed by atoms with E-state index >= 15 is 0 Å². The van der Waals surface area contributed by atoms with E-state index in [0.717, 1.165) is 24.7 Å². The number of nitrogens with one attached hydrogen (secondary N) is 5. The molecule has 258 valence electrons. The maximum atomic E-state index is 12.9. The number of carbonyl (C=O) groups is 3. The lowest BCUT2D eigenvalue weighted by molar-refractivity contribution is -0.154. The number of halogens is 4. The van der Waals surface area contributed by atoms with Crippen LogP contribution in [0.3, 0.4) is 0 Å². The number of sulfonamides is 1. The van der Waals surface area contributed by atoms with Crippen molar-refractivity contribution >= 4 is 56.9 Å². The van der Waals surface area contributed by atoms with Gasteiger partial charge in [-0.1, -0.05) is 23.7 Å². The molecule has 3 amide bonds. The molecular weight excluding hydrogens is 681 g/mol. The number of benzene rings is 2. The second kappa shape index (κ2) is 15.0. The SMILES string of the molecule is C[C@@H](NC(=O)CCCNC(=O)c1ccc(Nc2nc(NC3(c4ccc(Cl)cc4)CC3)nc(OCC(F)(F)F)n2)cc1)C(=O)NS(C)(=O)=O. The van der Waals surface area contributed by atoms with Gasteiger partial charge < -0.3 is 26.0 Å². The molecule has 1 aliphatic carbocycles. The summed E-state index contributed by atoms with van der Waals surface area (Å²) in [7, 11) is -3.76. The van der Waals surface area contributed by atoms with Crippen LogP contribution < -0.4 is 30.7 Å². The molecule has 0 unspecified atom stereocenters. The second-order valence-electron chi connectivity index (χ2n) is 11.0. The van der Waals surface area contributed by atoms with Crippen molar-refractivity contribution in [1.29, 1.82) is 0 Å². The van der Waals surface area contributed by atoms with Crippen LogP contribution in [0.2, 0.25) is 5.02 Å². The molecule has 4 rings (SSSR count). The van der Waals surface area contributed by atoms with Gasteiger partial charge in [-0.05, 0) is 68.1 Å². The Labute approximate surface area is 278 Å². The van der Waals surface area contributed by atoms with Gasteiger partial charge in [-0.25, -0.2) is 8.42 Å². The van der Waals surface area contributed by atoms with E-state index in [2.05, 4.69) is 36.2 Å². The fourth-order valence-electron chi connectivity index (χ4n) is 4.31. The van der Waals surface area contributed by atoms with E-state index < -0.39 is 58.1 Å². The third kappa shape index (κ3) is 11.2. The third-order valence-corrected chi connectivity index (χ3v) is 7.63. The average molecular weight is 713 g/mol. The van der Waals surface area contributed by atoms with Crippen LogP contribution in [0.15, 0.2) is 48.5 Å². The Bertz CT molecular complexity index is 1740. The largest absolute Gasteiger partial charge is 0.454 e. The maximum Gasteiger partial charge on any atom is 0.422 e. The lowest BCUT2D eigenvalue weighted by Crippen LogP contribution is -2.46. The van der Waals surface area contributed by atoms with Gasteiger partial charge in [0.1, 0.15) is 6.04 Å². The molecule has 1 aliphatic rings. The van der Waals surface area contributed by atoms with Gasteiger partial charge in [0.05, 0.1) is 11.8 Å². The minimum Gasteiger partial charge on any atom is -0.454 e. The zero-order valence-electron chi connectivity index (χ0n) is 25.7. The van der Waals surface area contributed by atoms with Gasteiger partial charge in [-0.15, -0.1) is 0 Å². The van der Waals surface area contributed by atoms with Crippen LogP contribution in [0.5, 0.6) is 6.01 Å².